The molecule has 1 amide bonds. The lowest BCUT2D eigenvalue weighted by atomic mass is 9.86. The predicted octanol–water partition coefficient (Wildman–Crippen LogP) is 5.59. The van der Waals surface area contributed by atoms with Crippen LogP contribution in [0, 0.1) is 18.3 Å². The largest absolute Gasteiger partial charge is 0.322 e. The third-order valence-corrected chi connectivity index (χ3v) is 5.37. The van der Waals surface area contributed by atoms with Crippen molar-refractivity contribution in [1.82, 2.24) is 10.2 Å². The second-order valence-electron chi connectivity index (χ2n) is 7.97. The molecule has 3 aromatic carbocycles. The Kier molecular flexibility index (Phi) is 4.85. The van der Waals surface area contributed by atoms with Crippen LogP contribution in [0.4, 0.5) is 5.69 Å². The van der Waals surface area contributed by atoms with E-state index in [1.807, 2.05) is 81.4 Å². The number of rotatable bonds is 4. The lowest BCUT2D eigenvalue weighted by Crippen LogP contribution is -2.16. The molecule has 5 heteroatoms. The van der Waals surface area contributed by atoms with Crippen LogP contribution in [-0.2, 0) is 5.41 Å². The molecule has 4 aromatic rings. The van der Waals surface area contributed by atoms with Crippen LogP contribution in [0.1, 0.15) is 35.3 Å². The summed E-state index contributed by atoms with van der Waals surface area (Å²) in [5, 5.41) is 20.4. The first-order valence-electron chi connectivity index (χ1n) is 9.75. The lowest BCUT2D eigenvalue weighted by molar-refractivity contribution is 0.102. The van der Waals surface area contributed by atoms with Crippen molar-refractivity contribution in [2.24, 2.45) is 0 Å². The van der Waals surface area contributed by atoms with Crippen LogP contribution in [0.2, 0.25) is 0 Å². The fourth-order valence-electron chi connectivity index (χ4n) is 3.43. The van der Waals surface area contributed by atoms with Gasteiger partial charge >= 0.3 is 0 Å². The highest BCUT2D eigenvalue weighted by Crippen LogP contribution is 2.28. The van der Waals surface area contributed by atoms with Gasteiger partial charge in [-0.2, -0.15) is 10.4 Å². The number of hydrogen-bond donors (Lipinski definition) is 2. The van der Waals surface area contributed by atoms with E-state index >= 15 is 0 Å². The summed E-state index contributed by atoms with van der Waals surface area (Å²) in [5.41, 5.74) is 5.55. The van der Waals surface area contributed by atoms with Crippen molar-refractivity contribution in [1.29, 1.82) is 5.26 Å². The molecule has 2 N–H and O–H groups in total. The first-order chi connectivity index (χ1) is 14.4. The molecule has 30 heavy (non-hydrogen) atoms. The molecule has 0 fully saturated rings. The Morgan fingerprint density at radius 1 is 1.10 bits per heavy atom. The molecule has 4 rings (SSSR count). The summed E-state index contributed by atoms with van der Waals surface area (Å²) in [6, 6.07) is 21.5. The maximum atomic E-state index is 12.9. The topological polar surface area (TPSA) is 81.6 Å². The van der Waals surface area contributed by atoms with E-state index in [0.717, 1.165) is 33.2 Å². The second kappa shape index (κ2) is 7.49. The van der Waals surface area contributed by atoms with E-state index in [9.17, 15) is 10.1 Å². The lowest BCUT2D eigenvalue weighted by Gasteiger charge is -2.17. The maximum absolute atomic E-state index is 12.9. The first-order valence-corrected chi connectivity index (χ1v) is 9.75. The minimum atomic E-state index is -0.622. The van der Waals surface area contributed by atoms with Gasteiger partial charge in [0.25, 0.3) is 5.91 Å². The van der Waals surface area contributed by atoms with Gasteiger partial charge in [-0.1, -0.05) is 30.3 Å². The highest BCUT2D eigenvalue weighted by Gasteiger charge is 2.20. The summed E-state index contributed by atoms with van der Waals surface area (Å²) < 4.78 is 0. The van der Waals surface area contributed by atoms with Crippen molar-refractivity contribution in [3.8, 4) is 17.2 Å². The zero-order valence-corrected chi connectivity index (χ0v) is 17.2. The molecule has 0 aliphatic rings. The Balaban J connectivity index is 1.63. The summed E-state index contributed by atoms with van der Waals surface area (Å²) in [5.74, 6) is -0.189. The van der Waals surface area contributed by atoms with Crippen molar-refractivity contribution in [3.63, 3.8) is 0 Å². The fourth-order valence-corrected chi connectivity index (χ4v) is 3.43. The van der Waals surface area contributed by atoms with Crippen molar-refractivity contribution in [2.75, 3.05) is 5.32 Å². The summed E-state index contributed by atoms with van der Waals surface area (Å²) in [7, 11) is 0. The van der Waals surface area contributed by atoms with E-state index < -0.39 is 5.41 Å². The van der Waals surface area contributed by atoms with Gasteiger partial charge in [0, 0.05) is 16.6 Å². The second-order valence-corrected chi connectivity index (χ2v) is 7.97. The van der Waals surface area contributed by atoms with Crippen molar-refractivity contribution in [3.05, 3.63) is 83.6 Å². The van der Waals surface area contributed by atoms with E-state index in [2.05, 4.69) is 21.6 Å². The van der Waals surface area contributed by atoms with E-state index in [-0.39, 0.29) is 5.91 Å². The van der Waals surface area contributed by atoms with E-state index in [1.54, 1.807) is 6.20 Å². The van der Waals surface area contributed by atoms with Crippen LogP contribution in [0.3, 0.4) is 0 Å². The van der Waals surface area contributed by atoms with Crippen molar-refractivity contribution < 1.29 is 4.79 Å². The quantitative estimate of drug-likeness (QED) is 0.473. The third-order valence-electron chi connectivity index (χ3n) is 5.37. The highest BCUT2D eigenvalue weighted by atomic mass is 16.1. The number of aromatic amines is 1. The average molecular weight is 394 g/mol. The van der Waals surface area contributed by atoms with Gasteiger partial charge < -0.3 is 5.32 Å². The van der Waals surface area contributed by atoms with Gasteiger partial charge in [-0.3, -0.25) is 9.89 Å². The molecule has 0 atom stereocenters. The molecule has 1 heterocycles. The first kappa shape index (κ1) is 19.4. The van der Waals surface area contributed by atoms with Crippen LogP contribution >= 0.6 is 0 Å². The Bertz CT molecular complexity index is 1290. The van der Waals surface area contributed by atoms with Gasteiger partial charge in [-0.25, -0.2) is 0 Å². The van der Waals surface area contributed by atoms with Gasteiger partial charge in [0.05, 0.1) is 23.2 Å². The number of amides is 1. The molecule has 0 spiro atoms. The number of fused-ring (bicyclic) bond motifs is 1. The average Bonchev–Trinajstić information content (AvgIpc) is 3.22. The molecule has 0 saturated heterocycles. The molecule has 0 unspecified atom stereocenters. The summed E-state index contributed by atoms with van der Waals surface area (Å²) >= 11 is 0. The summed E-state index contributed by atoms with van der Waals surface area (Å²) in [4.78, 5) is 12.9. The Morgan fingerprint density at radius 2 is 1.93 bits per heavy atom. The highest BCUT2D eigenvalue weighted by molar-refractivity contribution is 6.05. The molecule has 0 aliphatic carbocycles. The van der Waals surface area contributed by atoms with Crippen molar-refractivity contribution >= 4 is 22.5 Å². The van der Waals surface area contributed by atoms with Crippen LogP contribution < -0.4 is 5.32 Å². The molecule has 148 valence electrons. The SMILES string of the molecule is Cc1ccc(C(=O)Nc2cccc(C(C)(C)C#N)c2)cc1-c1ccc2cn[nH]c2c1. The normalized spacial score (nSPS) is 11.3. The van der Waals surface area contributed by atoms with Gasteiger partial charge in [-0.15, -0.1) is 0 Å². The number of H-pyrrole nitrogens is 1. The van der Waals surface area contributed by atoms with Gasteiger partial charge in [0.15, 0.2) is 0 Å². The van der Waals surface area contributed by atoms with Gasteiger partial charge in [0.2, 0.25) is 0 Å². The number of nitrogens with one attached hydrogen (secondary N) is 2. The van der Waals surface area contributed by atoms with E-state index in [0.29, 0.717) is 11.3 Å². The summed E-state index contributed by atoms with van der Waals surface area (Å²) in [6.07, 6.45) is 1.79. The predicted molar refractivity (Wildman–Crippen MR) is 119 cm³/mol. The molecule has 0 saturated carbocycles. The van der Waals surface area contributed by atoms with Crippen LogP contribution in [0.5, 0.6) is 0 Å². The minimum absolute atomic E-state index is 0.189. The van der Waals surface area contributed by atoms with E-state index in [4.69, 9.17) is 0 Å². The molecule has 5 nitrogen and oxygen atoms in total. The number of carbonyl (C=O) groups excluding carboxylic acids is 1. The zero-order chi connectivity index (χ0) is 21.3. The molecular weight excluding hydrogens is 372 g/mol. The number of nitriles is 1. The Labute approximate surface area is 175 Å². The third kappa shape index (κ3) is 3.68. The molecule has 0 radical (unpaired) electrons. The number of anilines is 1. The van der Waals surface area contributed by atoms with Gasteiger partial charge in [-0.05, 0) is 73.4 Å². The number of benzene rings is 3. The number of aromatic nitrogens is 2. The summed E-state index contributed by atoms with van der Waals surface area (Å²) in [6.45, 7) is 5.75. The molecule has 0 aliphatic heterocycles. The van der Waals surface area contributed by atoms with Crippen molar-refractivity contribution in [2.45, 2.75) is 26.2 Å². The Morgan fingerprint density at radius 3 is 2.73 bits per heavy atom. The van der Waals surface area contributed by atoms with Crippen LogP contribution in [-0.4, -0.2) is 16.1 Å². The molecule has 0 bridgehead atoms. The zero-order valence-electron chi connectivity index (χ0n) is 17.2. The minimum Gasteiger partial charge on any atom is -0.322 e. The number of hydrogen-bond acceptors (Lipinski definition) is 3. The fraction of sp³-hybridized carbons (Fsp3) is 0.160. The monoisotopic (exact) mass is 394 g/mol. The molecular formula is C25H22N4O. The standard InChI is InChI=1S/C25H22N4O/c1-16-7-8-18(11-22(16)17-9-10-19-14-27-29-23(19)12-17)24(30)28-21-6-4-5-20(13-21)25(2,3)15-26/h4-14H,1-3H3,(H,27,29)(H,28,30). The maximum Gasteiger partial charge on any atom is 0.255 e. The smallest absolute Gasteiger partial charge is 0.255 e. The molecule has 1 aromatic heterocycles. The van der Waals surface area contributed by atoms with E-state index in [1.165, 1.54) is 0 Å². The number of carbonyl (C=O) groups is 1. The number of nitrogens with zero attached hydrogens (tertiary/aromatic N) is 2. The number of aryl methyl sites for hydroxylation is 1. The Hall–Kier alpha value is -3.91. The van der Waals surface area contributed by atoms with Crippen LogP contribution in [0.25, 0.3) is 22.0 Å². The van der Waals surface area contributed by atoms with Crippen LogP contribution in [0.15, 0.2) is 66.9 Å². The van der Waals surface area contributed by atoms with Gasteiger partial charge in [0.1, 0.15) is 0 Å².